The molecule has 3 aromatic carbocycles. The van der Waals surface area contributed by atoms with Crippen LogP contribution in [0.15, 0.2) is 84.6 Å². The van der Waals surface area contributed by atoms with E-state index in [4.69, 9.17) is 16.3 Å². The zero-order chi connectivity index (χ0) is 25.2. The number of amides is 4. The first-order valence-corrected chi connectivity index (χ1v) is 11.7. The van der Waals surface area contributed by atoms with E-state index in [2.05, 4.69) is 5.32 Å². The number of aryl methyl sites for hydroxylation is 1. The lowest BCUT2D eigenvalue weighted by Crippen LogP contribution is -2.54. The summed E-state index contributed by atoms with van der Waals surface area (Å²) in [6, 6.07) is 21.3. The standard InChI is InChI=1S/C28H22ClN3O4/c1-18-11-12-20(16-24(18)29)32-27(34)23(26(33)30-28(32)35)15-19-17-31(25-10-6-5-9-22(19)25)13-14-36-21-7-3-2-4-8-21/h2-12,15-17H,13-14H2,1H3,(H,30,33,35). The van der Waals surface area contributed by atoms with Crippen LogP contribution in [0.2, 0.25) is 5.02 Å². The molecule has 0 aliphatic carbocycles. The molecule has 8 heteroatoms. The average Bonchev–Trinajstić information content (AvgIpc) is 3.22. The number of fused-ring (bicyclic) bond motifs is 1. The third-order valence-electron chi connectivity index (χ3n) is 5.98. The van der Waals surface area contributed by atoms with Gasteiger partial charge in [-0.3, -0.25) is 14.9 Å². The number of carbonyl (C=O) groups excluding carboxylic acids is 3. The Labute approximate surface area is 212 Å². The van der Waals surface area contributed by atoms with Crippen molar-refractivity contribution in [1.29, 1.82) is 0 Å². The van der Waals surface area contributed by atoms with Gasteiger partial charge in [-0.2, -0.15) is 0 Å². The van der Waals surface area contributed by atoms with Gasteiger partial charge in [0.2, 0.25) is 0 Å². The van der Waals surface area contributed by atoms with E-state index < -0.39 is 17.8 Å². The number of halogens is 1. The van der Waals surface area contributed by atoms with Crippen LogP contribution >= 0.6 is 11.6 Å². The Hall–Kier alpha value is -4.36. The molecule has 7 nitrogen and oxygen atoms in total. The highest BCUT2D eigenvalue weighted by atomic mass is 35.5. The zero-order valence-electron chi connectivity index (χ0n) is 19.4. The zero-order valence-corrected chi connectivity index (χ0v) is 20.2. The molecule has 180 valence electrons. The molecule has 0 unspecified atom stereocenters. The Morgan fingerprint density at radius 3 is 2.50 bits per heavy atom. The minimum Gasteiger partial charge on any atom is -0.492 e. The van der Waals surface area contributed by atoms with Crippen LogP contribution in [0.25, 0.3) is 17.0 Å². The first-order valence-electron chi connectivity index (χ1n) is 11.4. The lowest BCUT2D eigenvalue weighted by molar-refractivity contribution is -0.122. The third-order valence-corrected chi connectivity index (χ3v) is 6.39. The molecule has 1 fully saturated rings. The second-order valence-corrected chi connectivity index (χ2v) is 8.76. The van der Waals surface area contributed by atoms with E-state index in [1.807, 2.05) is 72.3 Å². The van der Waals surface area contributed by atoms with Gasteiger partial charge in [-0.15, -0.1) is 0 Å². The van der Waals surface area contributed by atoms with Crippen LogP contribution in [0.5, 0.6) is 5.75 Å². The number of urea groups is 1. The fourth-order valence-corrected chi connectivity index (χ4v) is 4.30. The molecule has 1 aliphatic heterocycles. The average molecular weight is 500 g/mol. The molecule has 36 heavy (non-hydrogen) atoms. The lowest BCUT2D eigenvalue weighted by Gasteiger charge is -2.26. The summed E-state index contributed by atoms with van der Waals surface area (Å²) in [5.41, 5.74) is 2.56. The van der Waals surface area contributed by atoms with Crippen molar-refractivity contribution >= 4 is 52.1 Å². The Bertz CT molecular complexity index is 1520. The number of anilines is 1. The van der Waals surface area contributed by atoms with E-state index in [0.717, 1.165) is 27.1 Å². The van der Waals surface area contributed by atoms with Crippen LogP contribution in [-0.4, -0.2) is 29.0 Å². The van der Waals surface area contributed by atoms with Crippen molar-refractivity contribution in [2.24, 2.45) is 0 Å². The second-order valence-electron chi connectivity index (χ2n) is 8.35. The first kappa shape index (κ1) is 23.4. The molecular formula is C28H22ClN3O4. The van der Waals surface area contributed by atoms with E-state index in [1.54, 1.807) is 12.1 Å². The molecule has 2 heterocycles. The van der Waals surface area contributed by atoms with Crippen LogP contribution in [0.1, 0.15) is 11.1 Å². The number of barbiturate groups is 1. The number of aromatic nitrogens is 1. The monoisotopic (exact) mass is 499 g/mol. The summed E-state index contributed by atoms with van der Waals surface area (Å²) in [6.07, 6.45) is 3.39. The number of nitrogens with one attached hydrogen (secondary N) is 1. The van der Waals surface area contributed by atoms with Gasteiger partial charge < -0.3 is 9.30 Å². The van der Waals surface area contributed by atoms with Crippen molar-refractivity contribution in [3.8, 4) is 5.75 Å². The van der Waals surface area contributed by atoms with Crippen molar-refractivity contribution in [3.05, 3.63) is 101 Å². The molecule has 0 radical (unpaired) electrons. The maximum atomic E-state index is 13.3. The van der Waals surface area contributed by atoms with Crippen LogP contribution < -0.4 is 15.0 Å². The number of rotatable bonds is 6. The van der Waals surface area contributed by atoms with Crippen LogP contribution in [-0.2, 0) is 16.1 Å². The summed E-state index contributed by atoms with van der Waals surface area (Å²) >= 11 is 6.21. The summed E-state index contributed by atoms with van der Waals surface area (Å²) < 4.78 is 7.85. The summed E-state index contributed by atoms with van der Waals surface area (Å²) in [5, 5.41) is 3.54. The fraction of sp³-hybridized carbons (Fsp3) is 0.107. The number of imide groups is 2. The SMILES string of the molecule is Cc1ccc(N2C(=O)NC(=O)C(=Cc3cn(CCOc4ccccc4)c4ccccc34)C2=O)cc1Cl. The van der Waals surface area contributed by atoms with E-state index in [9.17, 15) is 14.4 Å². The summed E-state index contributed by atoms with van der Waals surface area (Å²) in [5.74, 6) is -0.682. The minimum atomic E-state index is -0.817. The molecular weight excluding hydrogens is 478 g/mol. The fourth-order valence-electron chi connectivity index (χ4n) is 4.12. The van der Waals surface area contributed by atoms with Crippen LogP contribution in [0, 0.1) is 6.92 Å². The second kappa shape index (κ2) is 9.71. The quantitative estimate of drug-likeness (QED) is 0.286. The molecule has 0 bridgehead atoms. The molecule has 5 rings (SSSR count). The number of benzene rings is 3. The van der Waals surface area contributed by atoms with E-state index in [-0.39, 0.29) is 11.3 Å². The highest BCUT2D eigenvalue weighted by Crippen LogP contribution is 2.28. The number of nitrogens with zero attached hydrogens (tertiary/aromatic N) is 2. The minimum absolute atomic E-state index is 0.144. The molecule has 0 atom stereocenters. The van der Waals surface area contributed by atoms with Gasteiger partial charge in [-0.05, 0) is 48.9 Å². The van der Waals surface area contributed by atoms with Gasteiger partial charge in [0.25, 0.3) is 11.8 Å². The first-order chi connectivity index (χ1) is 17.4. The van der Waals surface area contributed by atoms with E-state index in [0.29, 0.717) is 23.7 Å². The Morgan fingerprint density at radius 2 is 1.72 bits per heavy atom. The maximum absolute atomic E-state index is 13.3. The van der Waals surface area contributed by atoms with Gasteiger partial charge in [-0.1, -0.05) is 54.1 Å². The summed E-state index contributed by atoms with van der Waals surface area (Å²) in [6.45, 7) is 2.82. The lowest BCUT2D eigenvalue weighted by atomic mass is 10.1. The van der Waals surface area contributed by atoms with Crippen molar-refractivity contribution in [2.75, 3.05) is 11.5 Å². The largest absolute Gasteiger partial charge is 0.492 e. The number of para-hydroxylation sites is 2. The molecule has 1 saturated heterocycles. The van der Waals surface area contributed by atoms with Crippen molar-refractivity contribution in [1.82, 2.24) is 9.88 Å². The van der Waals surface area contributed by atoms with Crippen LogP contribution in [0.4, 0.5) is 10.5 Å². The summed E-state index contributed by atoms with van der Waals surface area (Å²) in [7, 11) is 0. The molecule has 4 aromatic rings. The molecule has 1 aliphatic rings. The number of carbonyl (C=O) groups is 3. The highest BCUT2D eigenvalue weighted by Gasteiger charge is 2.37. The smallest absolute Gasteiger partial charge is 0.335 e. The van der Waals surface area contributed by atoms with Gasteiger partial charge in [0.15, 0.2) is 0 Å². The van der Waals surface area contributed by atoms with Gasteiger partial charge >= 0.3 is 6.03 Å². The molecule has 4 amide bonds. The third kappa shape index (κ3) is 4.48. The van der Waals surface area contributed by atoms with Crippen molar-refractivity contribution < 1.29 is 19.1 Å². The van der Waals surface area contributed by atoms with Crippen molar-refractivity contribution in [3.63, 3.8) is 0 Å². The van der Waals surface area contributed by atoms with E-state index in [1.165, 1.54) is 12.1 Å². The van der Waals surface area contributed by atoms with Gasteiger partial charge in [0.05, 0.1) is 12.2 Å². The predicted octanol–water partition coefficient (Wildman–Crippen LogP) is 5.35. The molecule has 0 spiro atoms. The Balaban J connectivity index is 1.47. The normalized spacial score (nSPS) is 15.0. The van der Waals surface area contributed by atoms with Gasteiger partial charge in [0.1, 0.15) is 17.9 Å². The molecule has 1 aromatic heterocycles. The highest BCUT2D eigenvalue weighted by molar-refractivity contribution is 6.39. The Morgan fingerprint density at radius 1 is 0.972 bits per heavy atom. The topological polar surface area (TPSA) is 80.6 Å². The number of hydrogen-bond donors (Lipinski definition) is 1. The van der Waals surface area contributed by atoms with Gasteiger partial charge in [-0.25, -0.2) is 9.69 Å². The van der Waals surface area contributed by atoms with Crippen molar-refractivity contribution in [2.45, 2.75) is 13.5 Å². The predicted molar refractivity (Wildman–Crippen MR) is 139 cm³/mol. The maximum Gasteiger partial charge on any atom is 0.335 e. The molecule has 1 N–H and O–H groups in total. The van der Waals surface area contributed by atoms with Crippen LogP contribution in [0.3, 0.4) is 0 Å². The number of ether oxygens (including phenoxy) is 1. The van der Waals surface area contributed by atoms with E-state index >= 15 is 0 Å². The number of hydrogen-bond acceptors (Lipinski definition) is 4. The summed E-state index contributed by atoms with van der Waals surface area (Å²) in [4.78, 5) is 39.5. The van der Waals surface area contributed by atoms with Gasteiger partial charge in [0, 0.05) is 27.7 Å². The Kier molecular flexibility index (Phi) is 6.31. The molecule has 0 saturated carbocycles.